The van der Waals surface area contributed by atoms with Crippen molar-refractivity contribution in [2.24, 2.45) is 0 Å². The Kier molecular flexibility index (Phi) is 15.8. The first-order chi connectivity index (χ1) is 58.5. The molecule has 24 rings (SSSR count). The van der Waals surface area contributed by atoms with Crippen molar-refractivity contribution in [1.82, 2.24) is 0 Å². The molecule has 0 radical (unpaired) electrons. The van der Waals surface area contributed by atoms with Crippen molar-refractivity contribution in [2.45, 2.75) is 14.7 Å². The topological polar surface area (TPSA) is 6.48 Å². The van der Waals surface area contributed by atoms with E-state index in [0.29, 0.717) is 0 Å². The summed E-state index contributed by atoms with van der Waals surface area (Å²) in [6, 6.07) is 163. The van der Waals surface area contributed by atoms with E-state index in [2.05, 4.69) is 441 Å². The SMILES string of the molecule is c1ccc(-c2ccc(N(c3cccc(-c4ccccc4-c4cc5ccccc5c5ccccc45)c3)c3cccc4c3-c3cc5ccccc5cc3[SH]4c3ccc(N(c4ccc5c(ccc6ccccc65)c4)c4cccc5sc6cc7ccccc7cc6c45)c(-c4ccc(-c5cc6ccccc6c6ccccc56)cc4)c3)c3ccccc23)cc1. The molecule has 0 saturated heterocycles. The molecule has 2 heterocycles. The van der Waals surface area contributed by atoms with Crippen LogP contribution in [0.15, 0.2) is 445 Å². The maximum atomic E-state index is 2.60. The second-order valence-electron chi connectivity index (χ2n) is 31.3. The Morgan fingerprint density at radius 3 is 1.40 bits per heavy atom. The van der Waals surface area contributed by atoms with Gasteiger partial charge in [0.2, 0.25) is 0 Å². The average Bonchev–Trinajstić information content (AvgIpc) is 1.54. The van der Waals surface area contributed by atoms with E-state index in [0.717, 1.165) is 56.2 Å². The minimum absolute atomic E-state index is 1.07. The third-order valence-corrected chi connectivity index (χ3v) is 28.4. The summed E-state index contributed by atoms with van der Waals surface area (Å²) in [5, 5.41) is 24.6. The number of anilines is 6. The lowest BCUT2D eigenvalue weighted by Gasteiger charge is -2.31. The fraction of sp³-hybridized carbons (Fsp3) is 0. The smallest absolute Gasteiger partial charge is 0.0555 e. The highest BCUT2D eigenvalue weighted by atomic mass is 32.2. The highest BCUT2D eigenvalue weighted by Gasteiger charge is 2.35. The summed E-state index contributed by atoms with van der Waals surface area (Å²) in [6.07, 6.45) is 0. The molecule has 1 aliphatic heterocycles. The molecule has 0 amide bonds. The van der Waals surface area contributed by atoms with E-state index in [-0.39, 0.29) is 0 Å². The Morgan fingerprint density at radius 2 is 0.669 bits per heavy atom. The molecule has 1 atom stereocenters. The van der Waals surface area contributed by atoms with Crippen LogP contribution in [0.25, 0.3) is 184 Å². The fourth-order valence-corrected chi connectivity index (χ4v) is 23.3. The predicted octanol–water partition coefficient (Wildman–Crippen LogP) is 33.2. The van der Waals surface area contributed by atoms with Crippen LogP contribution in [-0.4, -0.2) is 0 Å². The zero-order valence-corrected chi connectivity index (χ0v) is 66.0. The van der Waals surface area contributed by atoms with Crippen LogP contribution in [0.3, 0.4) is 0 Å². The van der Waals surface area contributed by atoms with Crippen molar-refractivity contribution in [3.05, 3.63) is 431 Å². The molecule has 0 fully saturated rings. The molecule has 4 heteroatoms. The molecular weight excluding hydrogens is 1460 g/mol. The summed E-state index contributed by atoms with van der Waals surface area (Å²) in [4.78, 5) is 9.12. The van der Waals surface area contributed by atoms with Crippen LogP contribution in [0.1, 0.15) is 0 Å². The van der Waals surface area contributed by atoms with Gasteiger partial charge in [-0.3, -0.25) is 0 Å². The number of benzene rings is 22. The van der Waals surface area contributed by atoms with Gasteiger partial charge in [-0.25, -0.2) is 0 Å². The fourth-order valence-electron chi connectivity index (χ4n) is 19.5. The van der Waals surface area contributed by atoms with Gasteiger partial charge in [-0.2, -0.15) is 10.9 Å². The third-order valence-electron chi connectivity index (χ3n) is 24.8. The van der Waals surface area contributed by atoms with Crippen LogP contribution in [0.2, 0.25) is 0 Å². The molecule has 118 heavy (non-hydrogen) atoms. The van der Waals surface area contributed by atoms with E-state index < -0.39 is 10.9 Å². The molecule has 0 N–H and O–H groups in total. The lowest BCUT2D eigenvalue weighted by Crippen LogP contribution is -2.12. The van der Waals surface area contributed by atoms with E-state index in [1.54, 1.807) is 0 Å². The quantitative estimate of drug-likeness (QED) is 0.0962. The number of nitrogens with zero attached hydrogens (tertiary/aromatic N) is 2. The molecule has 1 aromatic heterocycles. The first kappa shape index (κ1) is 67.8. The van der Waals surface area contributed by atoms with Crippen molar-refractivity contribution in [3.8, 4) is 66.8 Å². The number of hydrogen-bond acceptors (Lipinski definition) is 3. The number of hydrogen-bond donors (Lipinski definition) is 1. The van der Waals surface area contributed by atoms with Gasteiger partial charge in [0.25, 0.3) is 0 Å². The van der Waals surface area contributed by atoms with Crippen LogP contribution in [0.5, 0.6) is 0 Å². The Balaban J connectivity index is 0.749. The van der Waals surface area contributed by atoms with Crippen LogP contribution < -0.4 is 9.80 Å². The normalized spacial score (nSPS) is 13.0. The number of fused-ring (bicyclic) bond motifs is 18. The lowest BCUT2D eigenvalue weighted by atomic mass is 9.89. The summed E-state index contributed by atoms with van der Waals surface area (Å²) in [6.45, 7) is 0. The lowest BCUT2D eigenvalue weighted by molar-refractivity contribution is 1.27. The Labute approximate surface area is 690 Å². The van der Waals surface area contributed by atoms with E-state index in [4.69, 9.17) is 0 Å². The molecule has 0 spiro atoms. The monoisotopic (exact) mass is 1530 g/mol. The minimum Gasteiger partial charge on any atom is -0.309 e. The number of thiophene rings is 1. The van der Waals surface area contributed by atoms with Gasteiger partial charge in [0.1, 0.15) is 0 Å². The molecular formula is C114H72N2S2. The van der Waals surface area contributed by atoms with E-state index in [1.165, 1.54) is 176 Å². The molecule has 2 nitrogen and oxygen atoms in total. The first-order valence-electron chi connectivity index (χ1n) is 40.7. The highest BCUT2D eigenvalue weighted by Crippen LogP contribution is 2.67. The van der Waals surface area contributed by atoms with Crippen LogP contribution >= 0.6 is 22.2 Å². The van der Waals surface area contributed by atoms with Crippen LogP contribution in [0.4, 0.5) is 34.1 Å². The van der Waals surface area contributed by atoms with Gasteiger partial charge >= 0.3 is 0 Å². The second-order valence-corrected chi connectivity index (χ2v) is 34.6. The molecule has 0 bridgehead atoms. The van der Waals surface area contributed by atoms with Crippen LogP contribution in [-0.2, 0) is 0 Å². The molecule has 23 aromatic rings. The van der Waals surface area contributed by atoms with Crippen molar-refractivity contribution in [2.75, 3.05) is 9.80 Å². The van der Waals surface area contributed by atoms with Gasteiger partial charge in [-0.15, -0.1) is 11.3 Å². The maximum Gasteiger partial charge on any atom is 0.0555 e. The van der Waals surface area contributed by atoms with E-state index in [1.807, 2.05) is 11.3 Å². The van der Waals surface area contributed by atoms with Crippen molar-refractivity contribution in [1.29, 1.82) is 0 Å². The van der Waals surface area contributed by atoms with E-state index >= 15 is 0 Å². The first-order valence-corrected chi connectivity index (χ1v) is 42.8. The average molecular weight is 1530 g/mol. The van der Waals surface area contributed by atoms with Crippen LogP contribution in [0, 0.1) is 0 Å². The second kappa shape index (κ2) is 27.5. The molecule has 1 aliphatic rings. The standard InChI is InChI=1S/C114H72N2S2/c1-2-25-72(26-3-1)91-60-62-105(99-46-21-20-42-95(91)99)115(84-35-22-34-80(63-84)88-39-14-15-43-96(88)102-68-82-33-10-13-38-90(82)94-41-17-19-45-98(94)102)108-48-24-50-111-114(108)104-66-77-29-5-7-31-79(77)70-112(104)118(111)86-58-61-106(101(71-86)75-53-51-74(52-54-75)100-67-81-32-9-12-37-89(81)93-40-16-18-44-97(93)100)116(85-57-59-92-83(64-85)56-55-73-27-8-11-36-87(73)92)107-47-23-49-109-113(107)103-65-76-28-4-6-30-78(76)69-110(103)117-109/h1-71,118H. The molecule has 0 aliphatic carbocycles. The van der Waals surface area contributed by atoms with Crippen molar-refractivity contribution < 1.29 is 0 Å². The van der Waals surface area contributed by atoms with E-state index in [9.17, 15) is 0 Å². The summed E-state index contributed by atoms with van der Waals surface area (Å²) in [5.41, 5.74) is 20.8. The third kappa shape index (κ3) is 11.0. The summed E-state index contributed by atoms with van der Waals surface area (Å²) in [7, 11) is -1.27. The summed E-state index contributed by atoms with van der Waals surface area (Å²) in [5.74, 6) is 0. The van der Waals surface area contributed by atoms with Gasteiger partial charge in [-0.05, 0) is 261 Å². The van der Waals surface area contributed by atoms with Gasteiger partial charge in [0.15, 0.2) is 0 Å². The zero-order valence-electron chi connectivity index (χ0n) is 64.2. The van der Waals surface area contributed by atoms with Gasteiger partial charge < -0.3 is 9.80 Å². The Morgan fingerprint density at radius 1 is 0.186 bits per heavy atom. The number of thiol groups is 1. The largest absolute Gasteiger partial charge is 0.309 e. The Hall–Kier alpha value is -14.7. The maximum absolute atomic E-state index is 2.60. The summed E-state index contributed by atoms with van der Waals surface area (Å²) < 4.78 is 2.52. The van der Waals surface area contributed by atoms with Crippen molar-refractivity contribution >= 4 is 173 Å². The number of rotatable bonds is 12. The summed E-state index contributed by atoms with van der Waals surface area (Å²) >= 11 is 1.88. The highest BCUT2D eigenvalue weighted by molar-refractivity contribution is 8.17. The predicted molar refractivity (Wildman–Crippen MR) is 509 cm³/mol. The molecule has 22 aromatic carbocycles. The molecule has 550 valence electrons. The van der Waals surface area contributed by atoms with Gasteiger partial charge in [-0.1, -0.05) is 322 Å². The molecule has 0 saturated carbocycles. The van der Waals surface area contributed by atoms with Gasteiger partial charge in [0.05, 0.1) is 22.7 Å². The Bertz CT molecular complexity index is 8100. The van der Waals surface area contributed by atoms with Crippen molar-refractivity contribution in [3.63, 3.8) is 0 Å². The zero-order chi connectivity index (χ0) is 77.5. The minimum atomic E-state index is -1.27. The molecule has 1 unspecified atom stereocenters. The van der Waals surface area contributed by atoms with Gasteiger partial charge in [0, 0.05) is 57.9 Å².